The van der Waals surface area contributed by atoms with Crippen LogP contribution in [-0.2, 0) is 11.3 Å². The van der Waals surface area contributed by atoms with Gasteiger partial charge in [0, 0.05) is 13.0 Å². The molecule has 0 radical (unpaired) electrons. The van der Waals surface area contributed by atoms with Crippen LogP contribution in [0.3, 0.4) is 0 Å². The van der Waals surface area contributed by atoms with E-state index in [1.54, 1.807) is 7.11 Å². The van der Waals surface area contributed by atoms with Gasteiger partial charge in [-0.1, -0.05) is 30.7 Å². The highest BCUT2D eigenvalue weighted by atomic mass is 35.5. The number of hydrogen-bond acceptors (Lipinski definition) is 5. The number of methoxy groups -OCH3 is 1. The van der Waals surface area contributed by atoms with Gasteiger partial charge in [-0.2, -0.15) is 0 Å². The summed E-state index contributed by atoms with van der Waals surface area (Å²) < 4.78 is 16.7. The molecule has 2 aromatic rings. The Hall–Kier alpha value is -2.44. The summed E-state index contributed by atoms with van der Waals surface area (Å²) in [5.74, 6) is 1.79. The van der Waals surface area contributed by atoms with Gasteiger partial charge < -0.3 is 19.5 Å². The van der Waals surface area contributed by atoms with Crippen molar-refractivity contribution in [3.05, 3.63) is 47.0 Å². The minimum Gasteiger partial charge on any atom is -0.495 e. The molecule has 28 heavy (non-hydrogen) atoms. The van der Waals surface area contributed by atoms with Gasteiger partial charge in [-0.05, 0) is 36.4 Å². The number of carbonyl (C=O) groups excluding carboxylic acids is 1. The van der Waals surface area contributed by atoms with Crippen LogP contribution in [0.25, 0.3) is 0 Å². The highest BCUT2D eigenvalue weighted by Gasteiger charge is 2.18. The van der Waals surface area contributed by atoms with Crippen molar-refractivity contribution in [3.8, 4) is 17.2 Å². The molecule has 0 aromatic heterocycles. The van der Waals surface area contributed by atoms with Gasteiger partial charge in [0.15, 0.2) is 11.5 Å². The summed E-state index contributed by atoms with van der Waals surface area (Å²) in [5.41, 5.74) is 1.63. The number of rotatable bonds is 7. The number of likely N-dealkylation sites (N-methyl/N-ethyl adjacent to an activating group) is 1. The number of carbonyl (C=O) groups is 1. The topological polar surface area (TPSA) is 60.0 Å². The zero-order chi connectivity index (χ0) is 19.9. The van der Waals surface area contributed by atoms with Crippen molar-refractivity contribution in [2.45, 2.75) is 19.9 Å². The van der Waals surface area contributed by atoms with Crippen LogP contribution in [0.2, 0.25) is 5.02 Å². The van der Waals surface area contributed by atoms with Crippen molar-refractivity contribution in [1.82, 2.24) is 4.90 Å². The highest BCUT2D eigenvalue weighted by molar-refractivity contribution is 6.32. The van der Waals surface area contributed by atoms with Gasteiger partial charge >= 0.3 is 0 Å². The first-order valence-corrected chi connectivity index (χ1v) is 9.71. The van der Waals surface area contributed by atoms with Crippen LogP contribution in [-0.4, -0.2) is 44.2 Å². The number of para-hydroxylation sites is 2. The molecular weight excluding hydrogens is 380 g/mol. The van der Waals surface area contributed by atoms with Crippen LogP contribution < -0.4 is 19.5 Å². The molecule has 150 valence electrons. The number of hydrogen-bond donors (Lipinski definition) is 1. The summed E-state index contributed by atoms with van der Waals surface area (Å²) in [7, 11) is 1.58. The lowest BCUT2D eigenvalue weighted by molar-refractivity contribution is -0.117. The van der Waals surface area contributed by atoms with Crippen molar-refractivity contribution >= 4 is 23.2 Å². The highest BCUT2D eigenvalue weighted by Crippen LogP contribution is 2.38. The first-order chi connectivity index (χ1) is 13.6. The van der Waals surface area contributed by atoms with E-state index in [4.69, 9.17) is 25.8 Å². The number of benzene rings is 2. The van der Waals surface area contributed by atoms with Gasteiger partial charge in [0.05, 0.1) is 37.6 Å². The zero-order valence-corrected chi connectivity index (χ0v) is 16.9. The van der Waals surface area contributed by atoms with Gasteiger partial charge in [0.1, 0.15) is 5.75 Å². The number of anilines is 1. The molecule has 1 aliphatic rings. The third kappa shape index (κ3) is 5.09. The molecule has 1 N–H and O–H groups in total. The van der Waals surface area contributed by atoms with E-state index >= 15 is 0 Å². The number of amides is 1. The Morgan fingerprint density at radius 3 is 2.82 bits per heavy atom. The molecule has 0 bridgehead atoms. The molecule has 1 heterocycles. The first kappa shape index (κ1) is 20.3. The Balaban J connectivity index is 1.66. The molecule has 3 rings (SSSR count). The van der Waals surface area contributed by atoms with E-state index in [1.807, 2.05) is 48.2 Å². The smallest absolute Gasteiger partial charge is 0.238 e. The Kier molecular flexibility index (Phi) is 7.01. The van der Waals surface area contributed by atoms with Gasteiger partial charge in [0.25, 0.3) is 0 Å². The molecule has 0 fully saturated rings. The van der Waals surface area contributed by atoms with Gasteiger partial charge in [-0.15, -0.1) is 0 Å². The standard InChI is InChI=1S/C21H25ClN2O4/c1-3-24(14-20(25)23-17-7-4-5-8-18(17)26-2)13-15-11-16(22)21-19(12-15)27-9-6-10-28-21/h4-5,7-8,11-12H,3,6,9-10,13-14H2,1-2H3,(H,23,25). The summed E-state index contributed by atoms with van der Waals surface area (Å²) in [6.45, 7) is 4.75. The molecule has 0 spiro atoms. The lowest BCUT2D eigenvalue weighted by Gasteiger charge is -2.21. The fourth-order valence-electron chi connectivity index (χ4n) is 3.05. The van der Waals surface area contributed by atoms with Crippen molar-refractivity contribution in [1.29, 1.82) is 0 Å². The fourth-order valence-corrected chi connectivity index (χ4v) is 3.34. The lowest BCUT2D eigenvalue weighted by Crippen LogP contribution is -2.32. The molecule has 0 unspecified atom stereocenters. The molecule has 6 nitrogen and oxygen atoms in total. The Bertz CT molecular complexity index is 828. The molecule has 0 saturated carbocycles. The molecule has 0 aliphatic carbocycles. The molecule has 0 saturated heterocycles. The van der Waals surface area contributed by atoms with Crippen LogP contribution >= 0.6 is 11.6 Å². The molecule has 2 aromatic carbocycles. The monoisotopic (exact) mass is 404 g/mol. The Labute approximate surface area is 170 Å². The predicted octanol–water partition coefficient (Wildman–Crippen LogP) is 3.97. The Morgan fingerprint density at radius 2 is 2.04 bits per heavy atom. The summed E-state index contributed by atoms with van der Waals surface area (Å²) in [6, 6.07) is 11.2. The minimum atomic E-state index is -0.105. The second-order valence-electron chi connectivity index (χ2n) is 6.51. The van der Waals surface area contributed by atoms with E-state index in [0.29, 0.717) is 54.3 Å². The summed E-state index contributed by atoms with van der Waals surface area (Å²) in [6.07, 6.45) is 0.824. The molecule has 7 heteroatoms. The van der Waals surface area contributed by atoms with E-state index in [-0.39, 0.29) is 12.5 Å². The van der Waals surface area contributed by atoms with E-state index in [9.17, 15) is 4.79 Å². The number of halogens is 1. The maximum absolute atomic E-state index is 12.5. The largest absolute Gasteiger partial charge is 0.495 e. The van der Waals surface area contributed by atoms with Gasteiger partial charge in [0.2, 0.25) is 5.91 Å². The third-order valence-corrected chi connectivity index (χ3v) is 4.74. The SMILES string of the molecule is CCN(CC(=O)Nc1ccccc1OC)Cc1cc(Cl)c2c(c1)OCCCO2. The fraction of sp³-hybridized carbons (Fsp3) is 0.381. The number of nitrogens with one attached hydrogen (secondary N) is 1. The van der Waals surface area contributed by atoms with Crippen LogP contribution in [0, 0.1) is 0 Å². The quantitative estimate of drug-likeness (QED) is 0.756. The number of ether oxygens (including phenoxy) is 3. The van der Waals surface area contributed by atoms with Crippen LogP contribution in [0.4, 0.5) is 5.69 Å². The second kappa shape index (κ2) is 9.66. The van der Waals surface area contributed by atoms with E-state index < -0.39 is 0 Å². The average Bonchev–Trinajstić information content (AvgIpc) is 2.93. The van der Waals surface area contributed by atoms with E-state index in [1.165, 1.54) is 0 Å². The summed E-state index contributed by atoms with van der Waals surface area (Å²) in [4.78, 5) is 14.5. The molecule has 0 atom stereocenters. The number of nitrogens with zero attached hydrogens (tertiary/aromatic N) is 1. The minimum absolute atomic E-state index is 0.105. The maximum Gasteiger partial charge on any atom is 0.238 e. The second-order valence-corrected chi connectivity index (χ2v) is 6.91. The zero-order valence-electron chi connectivity index (χ0n) is 16.2. The van der Waals surface area contributed by atoms with Crippen LogP contribution in [0.1, 0.15) is 18.9 Å². The summed E-state index contributed by atoms with van der Waals surface area (Å²) in [5, 5.41) is 3.44. The number of fused-ring (bicyclic) bond motifs is 1. The lowest BCUT2D eigenvalue weighted by atomic mass is 10.2. The van der Waals surface area contributed by atoms with Crippen LogP contribution in [0.5, 0.6) is 17.2 Å². The van der Waals surface area contributed by atoms with Crippen molar-refractivity contribution in [2.75, 3.05) is 38.7 Å². The molecule has 1 amide bonds. The van der Waals surface area contributed by atoms with E-state index in [0.717, 1.165) is 12.0 Å². The normalized spacial score (nSPS) is 13.1. The maximum atomic E-state index is 12.5. The van der Waals surface area contributed by atoms with Crippen molar-refractivity contribution in [3.63, 3.8) is 0 Å². The van der Waals surface area contributed by atoms with Gasteiger partial charge in [-0.25, -0.2) is 0 Å². The Morgan fingerprint density at radius 1 is 1.25 bits per heavy atom. The first-order valence-electron chi connectivity index (χ1n) is 9.34. The van der Waals surface area contributed by atoms with Crippen molar-refractivity contribution < 1.29 is 19.0 Å². The summed E-state index contributed by atoms with van der Waals surface area (Å²) >= 11 is 6.38. The predicted molar refractivity (Wildman–Crippen MR) is 110 cm³/mol. The van der Waals surface area contributed by atoms with E-state index in [2.05, 4.69) is 5.32 Å². The van der Waals surface area contributed by atoms with Crippen molar-refractivity contribution in [2.24, 2.45) is 0 Å². The molecular formula is C21H25ClN2O4. The van der Waals surface area contributed by atoms with Crippen LogP contribution in [0.15, 0.2) is 36.4 Å². The van der Waals surface area contributed by atoms with Gasteiger partial charge in [-0.3, -0.25) is 9.69 Å². The average molecular weight is 405 g/mol. The molecule has 1 aliphatic heterocycles. The third-order valence-electron chi connectivity index (χ3n) is 4.46.